The molecule has 7 heteroatoms. The average molecular weight is 472 g/mol. The van der Waals surface area contributed by atoms with E-state index in [9.17, 15) is 8.78 Å². The molecule has 3 rings (SSSR count). The fourth-order valence-electron chi connectivity index (χ4n) is 3.05. The van der Waals surface area contributed by atoms with Crippen LogP contribution in [0.3, 0.4) is 0 Å². The van der Waals surface area contributed by atoms with Crippen LogP contribution in [0.4, 0.5) is 14.5 Å². The number of nitrogens with zero attached hydrogens (tertiary/aromatic N) is 2. The summed E-state index contributed by atoms with van der Waals surface area (Å²) in [6.07, 6.45) is 1.05. The van der Waals surface area contributed by atoms with Gasteiger partial charge in [-0.25, -0.2) is 8.78 Å². The van der Waals surface area contributed by atoms with Crippen LogP contribution in [0.15, 0.2) is 53.5 Å². The van der Waals surface area contributed by atoms with E-state index in [2.05, 4.69) is 27.3 Å². The summed E-state index contributed by atoms with van der Waals surface area (Å²) in [5.74, 6) is -0.564. The van der Waals surface area contributed by atoms with Crippen molar-refractivity contribution in [2.24, 2.45) is 16.6 Å². The van der Waals surface area contributed by atoms with Gasteiger partial charge in [-0.2, -0.15) is 0 Å². The molecular formula is C19H23F2IN4. The second-order valence-electron chi connectivity index (χ2n) is 6.35. The summed E-state index contributed by atoms with van der Waals surface area (Å²) in [4.78, 5) is 6.68. The third-order valence-corrected chi connectivity index (χ3v) is 4.33. The van der Waals surface area contributed by atoms with Crippen LogP contribution in [0.2, 0.25) is 0 Å². The number of anilines is 1. The average Bonchev–Trinajstić information content (AvgIpc) is 3.05. The molecule has 0 aliphatic carbocycles. The number of benzene rings is 2. The van der Waals surface area contributed by atoms with Gasteiger partial charge in [-0.3, -0.25) is 9.89 Å². The lowest BCUT2D eigenvalue weighted by Gasteiger charge is -2.15. The highest BCUT2D eigenvalue weighted by atomic mass is 127. The van der Waals surface area contributed by atoms with E-state index < -0.39 is 11.6 Å². The number of halogens is 3. The van der Waals surface area contributed by atoms with Gasteiger partial charge in [0.25, 0.3) is 0 Å². The third-order valence-electron chi connectivity index (χ3n) is 4.33. The second-order valence-corrected chi connectivity index (χ2v) is 6.35. The molecule has 26 heavy (non-hydrogen) atoms. The Hall–Kier alpha value is -1.74. The van der Waals surface area contributed by atoms with Crippen molar-refractivity contribution in [3.63, 3.8) is 0 Å². The highest BCUT2D eigenvalue weighted by Gasteiger charge is 2.22. The van der Waals surface area contributed by atoms with Gasteiger partial charge in [0.1, 0.15) is 11.6 Å². The first-order valence-electron chi connectivity index (χ1n) is 8.38. The quantitative estimate of drug-likeness (QED) is 0.395. The Kier molecular flexibility index (Phi) is 7.77. The van der Waals surface area contributed by atoms with Crippen molar-refractivity contribution in [3.8, 4) is 0 Å². The highest BCUT2D eigenvalue weighted by Crippen LogP contribution is 2.19. The topological polar surface area (TPSA) is 53.6 Å². The van der Waals surface area contributed by atoms with Crippen molar-refractivity contribution in [3.05, 3.63) is 65.7 Å². The molecule has 0 bridgehead atoms. The molecule has 1 aliphatic rings. The van der Waals surface area contributed by atoms with Gasteiger partial charge in [0.15, 0.2) is 5.96 Å². The van der Waals surface area contributed by atoms with E-state index >= 15 is 0 Å². The van der Waals surface area contributed by atoms with E-state index in [1.165, 1.54) is 5.56 Å². The molecular weight excluding hydrogens is 449 g/mol. The summed E-state index contributed by atoms with van der Waals surface area (Å²) in [6, 6.07) is 13.5. The number of nitrogens with one attached hydrogen (secondary N) is 1. The fraction of sp³-hybridized carbons (Fsp3) is 0.316. The maximum absolute atomic E-state index is 13.6. The minimum absolute atomic E-state index is 0. The number of aliphatic imine (C=N–C) groups is 1. The number of rotatable bonds is 5. The molecule has 1 saturated heterocycles. The summed E-state index contributed by atoms with van der Waals surface area (Å²) in [7, 11) is 0. The monoisotopic (exact) mass is 472 g/mol. The van der Waals surface area contributed by atoms with Crippen LogP contribution >= 0.6 is 24.0 Å². The first-order valence-corrected chi connectivity index (χ1v) is 8.38. The van der Waals surface area contributed by atoms with Crippen LogP contribution in [0.5, 0.6) is 0 Å². The third kappa shape index (κ3) is 5.91. The molecule has 2 aromatic carbocycles. The van der Waals surface area contributed by atoms with Gasteiger partial charge in [0, 0.05) is 25.7 Å². The number of hydrogen-bond acceptors (Lipinski definition) is 2. The lowest BCUT2D eigenvalue weighted by atomic mass is 10.1. The first-order chi connectivity index (χ1) is 12.1. The molecule has 0 spiro atoms. The zero-order chi connectivity index (χ0) is 17.6. The Bertz CT molecular complexity index is 740. The lowest BCUT2D eigenvalue weighted by molar-refractivity contribution is 0.318. The first kappa shape index (κ1) is 20.6. The van der Waals surface area contributed by atoms with Gasteiger partial charge in [0.2, 0.25) is 0 Å². The maximum atomic E-state index is 13.6. The van der Waals surface area contributed by atoms with Crippen molar-refractivity contribution in [1.82, 2.24) is 4.90 Å². The van der Waals surface area contributed by atoms with Crippen molar-refractivity contribution in [2.75, 3.05) is 25.0 Å². The lowest BCUT2D eigenvalue weighted by Crippen LogP contribution is -2.25. The van der Waals surface area contributed by atoms with Crippen molar-refractivity contribution >= 4 is 35.6 Å². The van der Waals surface area contributed by atoms with E-state index in [1.807, 2.05) is 18.2 Å². The van der Waals surface area contributed by atoms with Crippen LogP contribution < -0.4 is 11.1 Å². The predicted molar refractivity (Wildman–Crippen MR) is 112 cm³/mol. The molecule has 3 N–H and O–H groups in total. The Morgan fingerprint density at radius 3 is 2.73 bits per heavy atom. The molecule has 1 atom stereocenters. The van der Waals surface area contributed by atoms with Crippen molar-refractivity contribution < 1.29 is 8.78 Å². The van der Waals surface area contributed by atoms with Crippen LogP contribution in [0.25, 0.3) is 0 Å². The van der Waals surface area contributed by atoms with Crippen LogP contribution in [0.1, 0.15) is 12.0 Å². The zero-order valence-electron chi connectivity index (χ0n) is 14.4. The molecule has 0 aromatic heterocycles. The molecule has 0 radical (unpaired) electrons. The number of nitrogens with two attached hydrogens (primary N) is 1. The van der Waals surface area contributed by atoms with Crippen LogP contribution in [-0.4, -0.2) is 30.5 Å². The van der Waals surface area contributed by atoms with Crippen molar-refractivity contribution in [2.45, 2.75) is 13.0 Å². The molecule has 1 fully saturated rings. The molecule has 0 amide bonds. The Morgan fingerprint density at radius 2 is 1.96 bits per heavy atom. The van der Waals surface area contributed by atoms with Gasteiger partial charge in [-0.05, 0) is 36.6 Å². The van der Waals surface area contributed by atoms with Gasteiger partial charge in [-0.15, -0.1) is 24.0 Å². The molecule has 4 nitrogen and oxygen atoms in total. The van der Waals surface area contributed by atoms with E-state index in [0.717, 1.165) is 44.3 Å². The Balaban J connectivity index is 0.00000243. The molecule has 2 aromatic rings. The highest BCUT2D eigenvalue weighted by molar-refractivity contribution is 14.0. The molecule has 0 saturated carbocycles. The fourth-order valence-corrected chi connectivity index (χ4v) is 3.05. The predicted octanol–water partition coefficient (Wildman–Crippen LogP) is 3.83. The van der Waals surface area contributed by atoms with Crippen molar-refractivity contribution in [1.29, 1.82) is 0 Å². The van der Waals surface area contributed by atoms with E-state index in [-0.39, 0.29) is 35.6 Å². The SMILES string of the molecule is I.NC(=NCC1CCN(Cc2ccccc2)C1)Nc1cc(F)ccc1F. The molecule has 140 valence electrons. The minimum atomic E-state index is -0.561. The zero-order valence-corrected chi connectivity index (χ0v) is 16.7. The Morgan fingerprint density at radius 1 is 1.19 bits per heavy atom. The van der Waals surface area contributed by atoms with E-state index in [0.29, 0.717) is 12.5 Å². The normalized spacial score (nSPS) is 17.8. The number of likely N-dealkylation sites (tertiary alicyclic amines) is 1. The van der Waals surface area contributed by atoms with Gasteiger partial charge in [0.05, 0.1) is 5.69 Å². The second kappa shape index (κ2) is 9.82. The number of guanidine groups is 1. The summed E-state index contributed by atoms with van der Waals surface area (Å²) < 4.78 is 26.7. The molecule has 1 unspecified atom stereocenters. The largest absolute Gasteiger partial charge is 0.370 e. The van der Waals surface area contributed by atoms with Gasteiger partial charge in [-0.1, -0.05) is 30.3 Å². The van der Waals surface area contributed by atoms with Gasteiger partial charge >= 0.3 is 0 Å². The molecule has 1 heterocycles. The van der Waals surface area contributed by atoms with Crippen LogP contribution in [-0.2, 0) is 6.54 Å². The summed E-state index contributed by atoms with van der Waals surface area (Å²) in [5, 5.41) is 2.63. The van der Waals surface area contributed by atoms with Crippen LogP contribution in [0, 0.1) is 17.6 Å². The smallest absolute Gasteiger partial charge is 0.193 e. The van der Waals surface area contributed by atoms with E-state index in [4.69, 9.17) is 5.73 Å². The summed E-state index contributed by atoms with van der Waals surface area (Å²) >= 11 is 0. The molecule has 1 aliphatic heterocycles. The Labute approximate surface area is 169 Å². The van der Waals surface area contributed by atoms with E-state index in [1.54, 1.807) is 0 Å². The standard InChI is InChI=1S/C19H22F2N4.HI/c20-16-6-7-17(21)18(10-16)24-19(22)23-11-15-8-9-25(13-15)12-14-4-2-1-3-5-14;/h1-7,10,15H,8-9,11-13H2,(H3,22,23,24);1H. The number of hydrogen-bond donors (Lipinski definition) is 2. The summed E-state index contributed by atoms with van der Waals surface area (Å²) in [5.41, 5.74) is 7.10. The maximum Gasteiger partial charge on any atom is 0.193 e. The van der Waals surface area contributed by atoms with Gasteiger partial charge < -0.3 is 11.1 Å². The summed E-state index contributed by atoms with van der Waals surface area (Å²) in [6.45, 7) is 3.49. The minimum Gasteiger partial charge on any atom is -0.370 e.